The number of aromatic nitrogens is 3. The Morgan fingerprint density at radius 3 is 2.42 bits per heavy atom. The van der Waals surface area contributed by atoms with E-state index in [1.54, 1.807) is 10.9 Å². The van der Waals surface area contributed by atoms with Crippen LogP contribution in [0, 0.1) is 0 Å². The smallest absolute Gasteiger partial charge is 0.346 e. The molecule has 6 heteroatoms. The van der Waals surface area contributed by atoms with Gasteiger partial charge < -0.3 is 5.11 Å². The highest BCUT2D eigenvalue weighted by atomic mass is 16.3. The number of aliphatic hydroxyl groups excluding tert-OH is 1. The second-order valence-corrected chi connectivity index (χ2v) is 8.36. The second kappa shape index (κ2) is 9.90. The van der Waals surface area contributed by atoms with Gasteiger partial charge in [0.1, 0.15) is 6.33 Å². The number of likely N-dealkylation sites (tertiary alicyclic amines) is 1. The fourth-order valence-corrected chi connectivity index (χ4v) is 4.22. The van der Waals surface area contributed by atoms with Crippen LogP contribution in [0.5, 0.6) is 0 Å². The minimum atomic E-state index is -0.0511. The lowest BCUT2D eigenvalue weighted by Gasteiger charge is -2.32. The van der Waals surface area contributed by atoms with Crippen molar-refractivity contribution in [3.05, 3.63) is 93.7 Å². The molecule has 1 aliphatic rings. The highest BCUT2D eigenvalue weighted by Crippen LogP contribution is 2.22. The predicted molar refractivity (Wildman–Crippen MR) is 123 cm³/mol. The fourth-order valence-electron chi connectivity index (χ4n) is 4.22. The monoisotopic (exact) mass is 418 g/mol. The molecule has 0 atom stereocenters. The van der Waals surface area contributed by atoms with Crippen LogP contribution in [0.25, 0.3) is 6.08 Å². The summed E-state index contributed by atoms with van der Waals surface area (Å²) in [5, 5.41) is 13.5. The molecule has 162 valence electrons. The molecule has 0 bridgehead atoms. The number of aliphatic hydroxyl groups is 1. The lowest BCUT2D eigenvalue weighted by Crippen LogP contribution is -2.38. The van der Waals surface area contributed by atoms with E-state index in [1.807, 2.05) is 30.3 Å². The highest BCUT2D eigenvalue weighted by Gasteiger charge is 2.23. The molecule has 4 rings (SSSR count). The number of hydrogen-bond acceptors (Lipinski definition) is 4. The van der Waals surface area contributed by atoms with Crippen molar-refractivity contribution in [2.45, 2.75) is 39.0 Å². The maximum absolute atomic E-state index is 12.9. The predicted octanol–water partition coefficient (Wildman–Crippen LogP) is 3.33. The van der Waals surface area contributed by atoms with Gasteiger partial charge in [-0.2, -0.15) is 5.10 Å². The van der Waals surface area contributed by atoms with E-state index in [9.17, 15) is 4.79 Å². The summed E-state index contributed by atoms with van der Waals surface area (Å²) in [5.74, 6) is 0. The third kappa shape index (κ3) is 5.40. The molecule has 1 saturated heterocycles. The Morgan fingerprint density at radius 1 is 1.06 bits per heavy atom. The molecule has 6 nitrogen and oxygen atoms in total. The molecular weight excluding hydrogens is 388 g/mol. The van der Waals surface area contributed by atoms with Crippen molar-refractivity contribution in [1.29, 1.82) is 0 Å². The molecule has 0 spiro atoms. The maximum Gasteiger partial charge on any atom is 0.346 e. The number of piperidine rings is 1. The van der Waals surface area contributed by atoms with Crippen LogP contribution in [0.4, 0.5) is 0 Å². The van der Waals surface area contributed by atoms with Crippen molar-refractivity contribution in [1.82, 2.24) is 19.2 Å². The molecule has 0 radical (unpaired) electrons. The fraction of sp³-hybridized carbons (Fsp3) is 0.360. The van der Waals surface area contributed by atoms with Gasteiger partial charge in [-0.05, 0) is 36.5 Å². The van der Waals surface area contributed by atoms with E-state index in [1.165, 1.54) is 15.8 Å². The van der Waals surface area contributed by atoms with E-state index in [0.717, 1.165) is 43.6 Å². The van der Waals surface area contributed by atoms with E-state index in [0.29, 0.717) is 6.54 Å². The summed E-state index contributed by atoms with van der Waals surface area (Å²) in [6.45, 7) is 5.56. The Labute approximate surface area is 183 Å². The van der Waals surface area contributed by atoms with Gasteiger partial charge in [-0.1, -0.05) is 66.2 Å². The Kier molecular flexibility index (Phi) is 6.79. The molecule has 1 fully saturated rings. The topological polar surface area (TPSA) is 63.3 Å². The molecule has 0 amide bonds. The number of benzene rings is 2. The number of hydrogen-bond donors (Lipinski definition) is 1. The zero-order valence-corrected chi connectivity index (χ0v) is 18.0. The zero-order chi connectivity index (χ0) is 21.6. The van der Waals surface area contributed by atoms with E-state index < -0.39 is 0 Å². The molecule has 0 unspecified atom stereocenters. The maximum atomic E-state index is 12.9. The molecular formula is C25H30N4O2. The van der Waals surface area contributed by atoms with E-state index >= 15 is 0 Å². The summed E-state index contributed by atoms with van der Waals surface area (Å²) >= 11 is 0. The first-order chi connectivity index (χ1) is 15.1. The molecule has 3 aromatic rings. The lowest BCUT2D eigenvalue weighted by atomic mass is 10.0. The third-order valence-electron chi connectivity index (χ3n) is 5.93. The van der Waals surface area contributed by atoms with Gasteiger partial charge in [0.15, 0.2) is 0 Å². The van der Waals surface area contributed by atoms with Crippen LogP contribution < -0.4 is 5.69 Å². The van der Waals surface area contributed by atoms with Gasteiger partial charge in [0.25, 0.3) is 0 Å². The van der Waals surface area contributed by atoms with Gasteiger partial charge in [0, 0.05) is 25.7 Å². The summed E-state index contributed by atoms with van der Waals surface area (Å²) in [4.78, 5) is 15.3. The minimum Gasteiger partial charge on any atom is -0.392 e. The standard InChI is InChI=1S/C25H30N4O2/c1-20(15-21-5-3-2-4-6-21)16-27-13-11-24(12-14-27)28-19-26-29(25(28)31)17-22-7-9-23(18-30)10-8-22/h2-10,15,19,24,30H,11-14,16-18H2,1H3. The van der Waals surface area contributed by atoms with E-state index in [2.05, 4.69) is 47.3 Å². The van der Waals surface area contributed by atoms with Crippen molar-refractivity contribution in [3.8, 4) is 0 Å². The van der Waals surface area contributed by atoms with Crippen LogP contribution in [-0.4, -0.2) is 44.0 Å². The zero-order valence-electron chi connectivity index (χ0n) is 18.0. The van der Waals surface area contributed by atoms with Crippen molar-refractivity contribution in [2.24, 2.45) is 0 Å². The first-order valence-corrected chi connectivity index (χ1v) is 10.9. The average Bonchev–Trinajstić information content (AvgIpc) is 3.15. The highest BCUT2D eigenvalue weighted by molar-refractivity contribution is 5.52. The largest absolute Gasteiger partial charge is 0.392 e. The number of nitrogens with zero attached hydrogens (tertiary/aromatic N) is 4. The quantitative estimate of drug-likeness (QED) is 0.639. The van der Waals surface area contributed by atoms with E-state index in [4.69, 9.17) is 5.11 Å². The second-order valence-electron chi connectivity index (χ2n) is 8.36. The molecule has 1 aliphatic heterocycles. The molecule has 31 heavy (non-hydrogen) atoms. The van der Waals surface area contributed by atoms with Crippen LogP contribution in [-0.2, 0) is 13.2 Å². The summed E-state index contributed by atoms with van der Waals surface area (Å²) in [7, 11) is 0. The average molecular weight is 419 g/mol. The molecule has 2 aromatic carbocycles. The molecule has 0 aliphatic carbocycles. The van der Waals surface area contributed by atoms with Gasteiger partial charge in [-0.15, -0.1) is 0 Å². The van der Waals surface area contributed by atoms with Gasteiger partial charge in [0.2, 0.25) is 0 Å². The minimum absolute atomic E-state index is 0.0229. The number of rotatable bonds is 7. The third-order valence-corrected chi connectivity index (χ3v) is 5.93. The van der Waals surface area contributed by atoms with Crippen LogP contribution in [0.2, 0.25) is 0 Å². The van der Waals surface area contributed by atoms with Gasteiger partial charge in [-0.25, -0.2) is 9.48 Å². The van der Waals surface area contributed by atoms with Crippen molar-refractivity contribution >= 4 is 6.08 Å². The Morgan fingerprint density at radius 2 is 1.74 bits per heavy atom. The van der Waals surface area contributed by atoms with Gasteiger partial charge in [0.05, 0.1) is 13.2 Å². The molecule has 2 heterocycles. The lowest BCUT2D eigenvalue weighted by molar-refractivity contribution is 0.197. The summed E-state index contributed by atoms with van der Waals surface area (Å²) < 4.78 is 3.32. The Balaban J connectivity index is 1.33. The van der Waals surface area contributed by atoms with Crippen LogP contribution >= 0.6 is 0 Å². The summed E-state index contributed by atoms with van der Waals surface area (Å²) in [5.41, 5.74) is 4.40. The van der Waals surface area contributed by atoms with Crippen LogP contribution in [0.3, 0.4) is 0 Å². The SMILES string of the molecule is CC(=Cc1ccccc1)CN1CCC(n2cnn(Cc3ccc(CO)cc3)c2=O)CC1. The van der Waals surface area contributed by atoms with Crippen LogP contribution in [0.1, 0.15) is 42.5 Å². The van der Waals surface area contributed by atoms with Gasteiger partial charge >= 0.3 is 5.69 Å². The normalized spacial score (nSPS) is 16.0. The van der Waals surface area contributed by atoms with Crippen molar-refractivity contribution in [2.75, 3.05) is 19.6 Å². The molecule has 0 saturated carbocycles. The molecule has 1 N–H and O–H groups in total. The van der Waals surface area contributed by atoms with Crippen LogP contribution in [0.15, 0.2) is 71.3 Å². The summed E-state index contributed by atoms with van der Waals surface area (Å²) in [6, 6.07) is 18.2. The Hall–Kier alpha value is -2.96. The van der Waals surface area contributed by atoms with Crippen molar-refractivity contribution in [3.63, 3.8) is 0 Å². The Bertz CT molecular complexity index is 1060. The van der Waals surface area contributed by atoms with Crippen molar-refractivity contribution < 1.29 is 5.11 Å². The van der Waals surface area contributed by atoms with Gasteiger partial charge in [-0.3, -0.25) is 9.47 Å². The first kappa shape index (κ1) is 21.3. The summed E-state index contributed by atoms with van der Waals surface area (Å²) in [6.07, 6.45) is 5.84. The first-order valence-electron chi connectivity index (χ1n) is 10.9. The van der Waals surface area contributed by atoms with E-state index in [-0.39, 0.29) is 18.3 Å². The molecule has 1 aromatic heterocycles.